The number of hydrogen-bond donors (Lipinski definition) is 1. The summed E-state index contributed by atoms with van der Waals surface area (Å²) in [5, 5.41) is 8.71. The second-order valence-electron chi connectivity index (χ2n) is 3.70. The van der Waals surface area contributed by atoms with Crippen LogP contribution in [-0.2, 0) is 0 Å². The summed E-state index contributed by atoms with van der Waals surface area (Å²) in [5.74, 6) is -1.32. The van der Waals surface area contributed by atoms with E-state index in [0.29, 0.717) is 5.56 Å². The Kier molecular flexibility index (Phi) is 2.87. The van der Waals surface area contributed by atoms with Gasteiger partial charge in [0.15, 0.2) is 0 Å². The van der Waals surface area contributed by atoms with Gasteiger partial charge in [-0.25, -0.2) is 14.2 Å². The Labute approximate surface area is 97.6 Å². The largest absolute Gasteiger partial charge is 0.477 e. The first-order chi connectivity index (χ1) is 8.08. The molecule has 0 bridgehead atoms. The highest BCUT2D eigenvalue weighted by molar-refractivity contribution is 5.85. The van der Waals surface area contributed by atoms with Crippen LogP contribution in [0.3, 0.4) is 0 Å². The SMILES string of the molecule is Cc1cc(-c2ccc(C(=O)O)nc2)ccc1F. The van der Waals surface area contributed by atoms with Crippen molar-refractivity contribution >= 4 is 5.97 Å². The molecule has 0 aliphatic rings. The normalized spacial score (nSPS) is 10.2. The molecule has 0 saturated carbocycles. The van der Waals surface area contributed by atoms with Gasteiger partial charge in [-0.3, -0.25) is 0 Å². The molecule has 4 heteroatoms. The third-order valence-electron chi connectivity index (χ3n) is 2.47. The molecule has 0 unspecified atom stereocenters. The first kappa shape index (κ1) is 11.3. The van der Waals surface area contributed by atoms with Crippen molar-refractivity contribution < 1.29 is 14.3 Å². The summed E-state index contributed by atoms with van der Waals surface area (Å²) in [5.41, 5.74) is 2.11. The summed E-state index contributed by atoms with van der Waals surface area (Å²) in [6, 6.07) is 7.81. The van der Waals surface area contributed by atoms with E-state index in [-0.39, 0.29) is 11.5 Å². The minimum Gasteiger partial charge on any atom is -0.477 e. The maximum atomic E-state index is 13.1. The van der Waals surface area contributed by atoms with Gasteiger partial charge in [0, 0.05) is 11.8 Å². The Hall–Kier alpha value is -2.23. The van der Waals surface area contributed by atoms with Crippen LogP contribution in [0.25, 0.3) is 11.1 Å². The Balaban J connectivity index is 2.39. The Morgan fingerprint density at radius 2 is 1.94 bits per heavy atom. The minimum absolute atomic E-state index is 0.00687. The lowest BCUT2D eigenvalue weighted by atomic mass is 10.0. The predicted octanol–water partition coefficient (Wildman–Crippen LogP) is 2.89. The van der Waals surface area contributed by atoms with E-state index in [1.165, 1.54) is 18.3 Å². The van der Waals surface area contributed by atoms with Crippen molar-refractivity contribution in [3.05, 3.63) is 53.6 Å². The standard InChI is InChI=1S/C13H10FNO2/c1-8-6-9(2-4-11(8)14)10-3-5-12(13(16)17)15-7-10/h2-7H,1H3,(H,16,17). The molecule has 0 aliphatic heterocycles. The quantitative estimate of drug-likeness (QED) is 0.864. The molecule has 2 rings (SSSR count). The molecule has 2 aromatic rings. The Morgan fingerprint density at radius 1 is 1.24 bits per heavy atom. The number of halogens is 1. The van der Waals surface area contributed by atoms with E-state index in [1.54, 1.807) is 25.1 Å². The summed E-state index contributed by atoms with van der Waals surface area (Å²) in [4.78, 5) is 14.4. The molecular formula is C13H10FNO2. The van der Waals surface area contributed by atoms with Crippen LogP contribution in [0, 0.1) is 12.7 Å². The number of rotatable bonds is 2. The van der Waals surface area contributed by atoms with E-state index in [1.807, 2.05) is 0 Å². The number of aromatic carboxylic acids is 1. The highest BCUT2D eigenvalue weighted by atomic mass is 19.1. The minimum atomic E-state index is -1.06. The zero-order chi connectivity index (χ0) is 12.4. The lowest BCUT2D eigenvalue weighted by molar-refractivity contribution is 0.0690. The molecule has 0 radical (unpaired) electrons. The molecule has 0 aliphatic carbocycles. The summed E-state index contributed by atoms with van der Waals surface area (Å²) < 4.78 is 13.1. The first-order valence-electron chi connectivity index (χ1n) is 5.04. The lowest BCUT2D eigenvalue weighted by Crippen LogP contribution is -1.99. The van der Waals surface area contributed by atoms with Crippen LogP contribution in [0.5, 0.6) is 0 Å². The van der Waals surface area contributed by atoms with Crippen LogP contribution in [0.2, 0.25) is 0 Å². The number of hydrogen-bond acceptors (Lipinski definition) is 2. The zero-order valence-electron chi connectivity index (χ0n) is 9.14. The number of carboxylic acid groups (broad SMARTS) is 1. The maximum Gasteiger partial charge on any atom is 0.354 e. The van der Waals surface area contributed by atoms with Crippen molar-refractivity contribution in [1.82, 2.24) is 4.98 Å². The van der Waals surface area contributed by atoms with E-state index in [0.717, 1.165) is 11.1 Å². The van der Waals surface area contributed by atoms with E-state index >= 15 is 0 Å². The third kappa shape index (κ3) is 2.30. The predicted molar refractivity (Wildman–Crippen MR) is 61.3 cm³/mol. The highest BCUT2D eigenvalue weighted by Crippen LogP contribution is 2.21. The van der Waals surface area contributed by atoms with E-state index in [4.69, 9.17) is 5.11 Å². The van der Waals surface area contributed by atoms with Gasteiger partial charge in [0.05, 0.1) is 0 Å². The molecule has 1 N–H and O–H groups in total. The van der Waals surface area contributed by atoms with E-state index in [9.17, 15) is 9.18 Å². The fraction of sp³-hybridized carbons (Fsp3) is 0.0769. The number of carbonyl (C=O) groups is 1. The topological polar surface area (TPSA) is 50.2 Å². The number of carboxylic acids is 1. The molecule has 0 saturated heterocycles. The van der Waals surface area contributed by atoms with Gasteiger partial charge >= 0.3 is 5.97 Å². The number of nitrogens with zero attached hydrogens (tertiary/aromatic N) is 1. The van der Waals surface area contributed by atoms with Gasteiger partial charge in [-0.05, 0) is 36.2 Å². The van der Waals surface area contributed by atoms with Gasteiger partial charge in [-0.2, -0.15) is 0 Å². The van der Waals surface area contributed by atoms with Crippen molar-refractivity contribution in [3.8, 4) is 11.1 Å². The number of pyridine rings is 1. The summed E-state index contributed by atoms with van der Waals surface area (Å²) in [6.45, 7) is 1.68. The molecule has 1 aromatic carbocycles. The molecular weight excluding hydrogens is 221 g/mol. The summed E-state index contributed by atoms with van der Waals surface area (Å²) in [6.07, 6.45) is 1.47. The van der Waals surface area contributed by atoms with Crippen LogP contribution >= 0.6 is 0 Å². The van der Waals surface area contributed by atoms with Crippen LogP contribution in [-0.4, -0.2) is 16.1 Å². The van der Waals surface area contributed by atoms with E-state index in [2.05, 4.69) is 4.98 Å². The van der Waals surface area contributed by atoms with Crippen molar-refractivity contribution in [2.24, 2.45) is 0 Å². The lowest BCUT2D eigenvalue weighted by Gasteiger charge is -2.03. The molecule has 0 atom stereocenters. The van der Waals surface area contributed by atoms with Gasteiger partial charge in [0.25, 0.3) is 0 Å². The molecule has 0 fully saturated rings. The van der Waals surface area contributed by atoms with Crippen LogP contribution < -0.4 is 0 Å². The Bertz CT molecular complexity index is 564. The fourth-order valence-electron chi connectivity index (χ4n) is 1.52. The second-order valence-corrected chi connectivity index (χ2v) is 3.70. The van der Waals surface area contributed by atoms with Gasteiger partial charge in [-0.1, -0.05) is 12.1 Å². The third-order valence-corrected chi connectivity index (χ3v) is 2.47. The summed E-state index contributed by atoms with van der Waals surface area (Å²) >= 11 is 0. The van der Waals surface area contributed by atoms with Gasteiger partial charge in [-0.15, -0.1) is 0 Å². The van der Waals surface area contributed by atoms with Crippen LogP contribution in [0.1, 0.15) is 16.1 Å². The van der Waals surface area contributed by atoms with Crippen molar-refractivity contribution in [1.29, 1.82) is 0 Å². The fourth-order valence-corrected chi connectivity index (χ4v) is 1.52. The molecule has 0 amide bonds. The molecule has 86 valence electrons. The smallest absolute Gasteiger partial charge is 0.354 e. The molecule has 1 heterocycles. The maximum absolute atomic E-state index is 13.1. The summed E-state index contributed by atoms with van der Waals surface area (Å²) in [7, 11) is 0. The van der Waals surface area contributed by atoms with Crippen molar-refractivity contribution in [2.75, 3.05) is 0 Å². The van der Waals surface area contributed by atoms with Gasteiger partial charge in [0.1, 0.15) is 11.5 Å². The van der Waals surface area contributed by atoms with Gasteiger partial charge in [0.2, 0.25) is 0 Å². The zero-order valence-corrected chi connectivity index (χ0v) is 9.14. The highest BCUT2D eigenvalue weighted by Gasteiger charge is 2.05. The number of aromatic nitrogens is 1. The van der Waals surface area contributed by atoms with Crippen molar-refractivity contribution in [3.63, 3.8) is 0 Å². The number of aryl methyl sites for hydroxylation is 1. The van der Waals surface area contributed by atoms with Gasteiger partial charge < -0.3 is 5.11 Å². The van der Waals surface area contributed by atoms with Crippen LogP contribution in [0.4, 0.5) is 4.39 Å². The monoisotopic (exact) mass is 231 g/mol. The van der Waals surface area contributed by atoms with E-state index < -0.39 is 5.97 Å². The first-order valence-corrected chi connectivity index (χ1v) is 5.04. The van der Waals surface area contributed by atoms with Crippen molar-refractivity contribution in [2.45, 2.75) is 6.92 Å². The molecule has 1 aromatic heterocycles. The second kappa shape index (κ2) is 4.33. The van der Waals surface area contributed by atoms with Crippen LogP contribution in [0.15, 0.2) is 36.5 Å². The molecule has 17 heavy (non-hydrogen) atoms. The average Bonchev–Trinajstić information content (AvgIpc) is 2.33. The Morgan fingerprint density at radius 3 is 2.47 bits per heavy atom. The molecule has 0 spiro atoms. The molecule has 3 nitrogen and oxygen atoms in total. The number of benzene rings is 1. The average molecular weight is 231 g/mol.